The summed E-state index contributed by atoms with van der Waals surface area (Å²) in [6.45, 7) is 0. The Morgan fingerprint density at radius 3 is 1.00 bits per heavy atom. The molecule has 2 rings (SSSR count). The van der Waals surface area contributed by atoms with Crippen LogP contribution in [0.2, 0.25) is 0 Å². The van der Waals surface area contributed by atoms with Crippen LogP contribution in [-0.4, -0.2) is 44.3 Å². The fourth-order valence-corrected chi connectivity index (χ4v) is 3.78. The zero-order chi connectivity index (χ0) is 19.8. The second-order valence-electron chi connectivity index (χ2n) is 4.98. The maximum Gasteiger partial charge on any atom is 0.336 e. The lowest BCUT2D eigenvalue weighted by Gasteiger charge is -2.13. The van der Waals surface area contributed by atoms with Gasteiger partial charge in [0.15, 0.2) is 0 Å². The minimum atomic E-state index is -1.45. The molecule has 10 heteroatoms. The third-order valence-electron chi connectivity index (χ3n) is 3.43. The molecule has 0 saturated carbocycles. The largest absolute Gasteiger partial charge is 0.478 e. The molecule has 0 bridgehead atoms. The summed E-state index contributed by atoms with van der Waals surface area (Å²) in [5.41, 5.74) is -1.14. The van der Waals surface area contributed by atoms with E-state index in [1.54, 1.807) is 0 Å². The highest BCUT2D eigenvalue weighted by Gasteiger charge is 2.23. The van der Waals surface area contributed by atoms with E-state index in [0.29, 0.717) is 7.14 Å². The van der Waals surface area contributed by atoms with Crippen molar-refractivity contribution >= 4 is 69.1 Å². The highest BCUT2D eigenvalue weighted by Crippen LogP contribution is 2.34. The summed E-state index contributed by atoms with van der Waals surface area (Å²) < 4.78 is 0.754. The van der Waals surface area contributed by atoms with Gasteiger partial charge in [0.1, 0.15) is 0 Å². The summed E-state index contributed by atoms with van der Waals surface area (Å²) in [7, 11) is 0. The Hall–Kier alpha value is -2.22. The molecule has 0 radical (unpaired) electrons. The quantitative estimate of drug-likeness (QED) is 0.393. The molecule has 26 heavy (non-hydrogen) atoms. The molecular weight excluding hydrogens is 574 g/mol. The third-order valence-corrected chi connectivity index (χ3v) is 5.21. The van der Waals surface area contributed by atoms with Crippen molar-refractivity contribution in [1.29, 1.82) is 0 Å². The first-order valence-corrected chi connectivity index (χ1v) is 8.81. The maximum absolute atomic E-state index is 11.4. The summed E-state index contributed by atoms with van der Waals surface area (Å²) in [6, 6.07) is 4.61. The van der Waals surface area contributed by atoms with E-state index in [-0.39, 0.29) is 11.1 Å². The summed E-state index contributed by atoms with van der Waals surface area (Å²) in [6.07, 6.45) is 0. The van der Waals surface area contributed by atoms with Crippen molar-refractivity contribution in [1.82, 2.24) is 0 Å². The molecule has 0 aliphatic carbocycles. The third kappa shape index (κ3) is 3.80. The molecule has 0 heterocycles. The van der Waals surface area contributed by atoms with Gasteiger partial charge in [0.05, 0.1) is 22.3 Å². The number of halogens is 2. The van der Waals surface area contributed by atoms with E-state index >= 15 is 0 Å². The zero-order valence-electron chi connectivity index (χ0n) is 12.5. The van der Waals surface area contributed by atoms with E-state index in [4.69, 9.17) is 10.2 Å². The van der Waals surface area contributed by atoms with Gasteiger partial charge in [0, 0.05) is 7.14 Å². The van der Waals surface area contributed by atoms with Gasteiger partial charge >= 0.3 is 23.9 Å². The zero-order valence-corrected chi connectivity index (χ0v) is 16.8. The molecule has 0 spiro atoms. The van der Waals surface area contributed by atoms with Crippen molar-refractivity contribution in [2.45, 2.75) is 0 Å². The second kappa shape index (κ2) is 7.57. The number of carbonyl (C=O) groups is 4. The van der Waals surface area contributed by atoms with Crippen molar-refractivity contribution < 1.29 is 39.6 Å². The summed E-state index contributed by atoms with van der Waals surface area (Å²) in [5.74, 6) is -5.71. The number of carboxylic acid groups (broad SMARTS) is 4. The highest BCUT2D eigenvalue weighted by atomic mass is 127. The fraction of sp³-hybridized carbons (Fsp3) is 0. The van der Waals surface area contributed by atoms with Crippen LogP contribution in [0.1, 0.15) is 41.4 Å². The predicted molar refractivity (Wildman–Crippen MR) is 105 cm³/mol. The minimum Gasteiger partial charge on any atom is -0.478 e. The molecule has 0 aromatic heterocycles. The molecule has 8 nitrogen and oxygen atoms in total. The maximum atomic E-state index is 11.4. The van der Waals surface area contributed by atoms with E-state index in [0.717, 1.165) is 12.1 Å². The molecule has 0 unspecified atom stereocenters. The van der Waals surface area contributed by atoms with Gasteiger partial charge in [-0.15, -0.1) is 0 Å². The molecule has 0 saturated heterocycles. The number of hydrogen-bond acceptors (Lipinski definition) is 4. The van der Waals surface area contributed by atoms with Gasteiger partial charge in [-0.2, -0.15) is 0 Å². The van der Waals surface area contributed by atoms with Crippen LogP contribution in [0.25, 0.3) is 11.1 Å². The van der Waals surface area contributed by atoms with Gasteiger partial charge in [-0.25, -0.2) is 19.2 Å². The average molecular weight is 582 g/mol. The molecule has 0 aliphatic heterocycles. The van der Waals surface area contributed by atoms with E-state index in [1.165, 1.54) is 12.1 Å². The first-order valence-electron chi connectivity index (χ1n) is 6.65. The normalized spacial score (nSPS) is 10.4. The Balaban J connectivity index is 2.84. The number of rotatable bonds is 5. The van der Waals surface area contributed by atoms with Gasteiger partial charge in [-0.05, 0) is 80.6 Å². The molecule has 134 valence electrons. The molecule has 0 atom stereocenters. The van der Waals surface area contributed by atoms with E-state index in [2.05, 4.69) is 0 Å². The standard InChI is InChI=1S/C16H8I2O8/c17-11-3-9(15(23)24)7(13(19)20)1-5(11)6-2-8(14(21)22)10(16(25)26)4-12(6)18/h1-4H,(H,19,20)(H,21,22)(H,23,24)(H,25,26). The molecule has 4 N–H and O–H groups in total. The van der Waals surface area contributed by atoms with Crippen LogP contribution in [0.15, 0.2) is 24.3 Å². The molecule has 0 amide bonds. The van der Waals surface area contributed by atoms with Gasteiger partial charge in [-0.3, -0.25) is 0 Å². The molecule has 0 fully saturated rings. The van der Waals surface area contributed by atoms with Crippen LogP contribution in [0, 0.1) is 7.14 Å². The fourth-order valence-electron chi connectivity index (χ4n) is 2.27. The molecule has 2 aromatic rings. The van der Waals surface area contributed by atoms with Crippen LogP contribution in [-0.2, 0) is 0 Å². The first-order chi connectivity index (χ1) is 12.0. The number of aromatic carboxylic acids is 4. The average Bonchev–Trinajstić information content (AvgIpc) is 2.53. The Bertz CT molecular complexity index is 901. The lowest BCUT2D eigenvalue weighted by Crippen LogP contribution is -2.11. The number of carboxylic acids is 4. The number of hydrogen-bond donors (Lipinski definition) is 4. The summed E-state index contributed by atoms with van der Waals surface area (Å²) >= 11 is 3.61. The van der Waals surface area contributed by atoms with Crippen molar-refractivity contribution in [2.24, 2.45) is 0 Å². The van der Waals surface area contributed by atoms with Crippen molar-refractivity contribution in [2.75, 3.05) is 0 Å². The monoisotopic (exact) mass is 582 g/mol. The van der Waals surface area contributed by atoms with Gasteiger partial charge in [0.25, 0.3) is 0 Å². The highest BCUT2D eigenvalue weighted by molar-refractivity contribution is 14.1. The van der Waals surface area contributed by atoms with Crippen LogP contribution in [0.5, 0.6) is 0 Å². The Morgan fingerprint density at radius 2 is 0.769 bits per heavy atom. The Kier molecular flexibility index (Phi) is 5.85. The van der Waals surface area contributed by atoms with Crippen molar-refractivity contribution in [3.8, 4) is 11.1 Å². The lowest BCUT2D eigenvalue weighted by molar-refractivity contribution is 0.0651. The second-order valence-corrected chi connectivity index (χ2v) is 7.30. The molecular formula is C16H8I2O8. The topological polar surface area (TPSA) is 149 Å². The SMILES string of the molecule is O=C(O)c1cc(I)c(-c2cc(C(=O)O)c(C(=O)O)cc2I)cc1C(=O)O. The van der Waals surface area contributed by atoms with E-state index in [1.807, 2.05) is 45.2 Å². The minimum absolute atomic E-state index is 0.289. The smallest absolute Gasteiger partial charge is 0.336 e. The van der Waals surface area contributed by atoms with Crippen LogP contribution in [0.3, 0.4) is 0 Å². The lowest BCUT2D eigenvalue weighted by atomic mass is 9.96. The van der Waals surface area contributed by atoms with Crippen LogP contribution < -0.4 is 0 Å². The van der Waals surface area contributed by atoms with Crippen molar-refractivity contribution in [3.05, 3.63) is 53.7 Å². The molecule has 0 aliphatic rings. The van der Waals surface area contributed by atoms with E-state index in [9.17, 15) is 29.4 Å². The molecule has 2 aromatic carbocycles. The van der Waals surface area contributed by atoms with Gasteiger partial charge in [-0.1, -0.05) is 0 Å². The van der Waals surface area contributed by atoms with Gasteiger partial charge < -0.3 is 20.4 Å². The Morgan fingerprint density at radius 1 is 0.538 bits per heavy atom. The van der Waals surface area contributed by atoms with Crippen molar-refractivity contribution in [3.63, 3.8) is 0 Å². The van der Waals surface area contributed by atoms with Crippen LogP contribution in [0.4, 0.5) is 0 Å². The number of benzene rings is 2. The van der Waals surface area contributed by atoms with E-state index < -0.39 is 46.1 Å². The Labute approximate surface area is 172 Å². The summed E-state index contributed by atoms with van der Waals surface area (Å²) in [4.78, 5) is 45.3. The van der Waals surface area contributed by atoms with Crippen LogP contribution >= 0.6 is 45.2 Å². The summed E-state index contributed by atoms with van der Waals surface area (Å²) in [5, 5.41) is 36.8. The van der Waals surface area contributed by atoms with Gasteiger partial charge in [0.2, 0.25) is 0 Å². The predicted octanol–water partition coefficient (Wildman–Crippen LogP) is 3.36. The first kappa shape index (κ1) is 20.1.